The van der Waals surface area contributed by atoms with Crippen molar-refractivity contribution >= 4 is 16.2 Å². The molecule has 4 aliphatic carbocycles. The predicted molar refractivity (Wildman–Crippen MR) is 91.3 cm³/mol. The minimum atomic E-state index is -4.62. The molecule has 0 heterocycles. The zero-order chi connectivity index (χ0) is 18.0. The van der Waals surface area contributed by atoms with Crippen molar-refractivity contribution in [2.24, 2.45) is 34.5 Å². The molecule has 0 aromatic rings. The molecule has 142 valence electrons. The van der Waals surface area contributed by atoms with Gasteiger partial charge in [0.2, 0.25) is 10.4 Å². The van der Waals surface area contributed by atoms with E-state index in [2.05, 4.69) is 13.8 Å². The van der Waals surface area contributed by atoms with E-state index >= 15 is 0 Å². The van der Waals surface area contributed by atoms with Crippen LogP contribution in [0.25, 0.3) is 0 Å². The Morgan fingerprint density at radius 1 is 1.04 bits per heavy atom. The minimum Gasteiger partial charge on any atom is -0.726 e. The summed E-state index contributed by atoms with van der Waals surface area (Å²) in [7, 11) is -4.62. The summed E-state index contributed by atoms with van der Waals surface area (Å²) < 4.78 is 37.6. The van der Waals surface area contributed by atoms with Gasteiger partial charge in [0.1, 0.15) is 5.78 Å². The van der Waals surface area contributed by atoms with E-state index in [4.69, 9.17) is 4.18 Å². The third kappa shape index (κ3) is 3.57. The molecule has 0 spiro atoms. The van der Waals surface area contributed by atoms with Gasteiger partial charge >= 0.3 is 51.4 Å². The van der Waals surface area contributed by atoms with E-state index in [0.29, 0.717) is 42.3 Å². The molecule has 26 heavy (non-hydrogen) atoms. The maximum absolute atomic E-state index is 12.4. The second-order valence-corrected chi connectivity index (χ2v) is 10.5. The van der Waals surface area contributed by atoms with Gasteiger partial charge in [0.25, 0.3) is 0 Å². The standard InChI is InChI=1S/C19H30O5S.K/c1-18-9-7-13(24-25(21,22)23)11-12(18)3-4-14-15-5-6-17(20)19(15,2)10-8-16(14)18;/h12-16H,3-11H2,1-2H3,(H,21,22,23);/q;+1/p-1/t12-,13-,14-,15-,16-,18-,19-;/m0./s1. The summed E-state index contributed by atoms with van der Waals surface area (Å²) in [5, 5.41) is 0. The van der Waals surface area contributed by atoms with Gasteiger partial charge in [-0.3, -0.25) is 8.98 Å². The Morgan fingerprint density at radius 2 is 1.77 bits per heavy atom. The predicted octanol–water partition coefficient (Wildman–Crippen LogP) is 0.448. The Hall–Kier alpha value is 1.18. The van der Waals surface area contributed by atoms with Crippen LogP contribution < -0.4 is 51.4 Å². The van der Waals surface area contributed by atoms with Crippen LogP contribution in [0.15, 0.2) is 0 Å². The van der Waals surface area contributed by atoms with Crippen molar-refractivity contribution in [3.8, 4) is 0 Å². The van der Waals surface area contributed by atoms with E-state index in [1.54, 1.807) is 0 Å². The average Bonchev–Trinajstić information content (AvgIpc) is 2.82. The molecular formula is C19H29KO5S. The zero-order valence-corrected chi connectivity index (χ0v) is 20.1. The Balaban J connectivity index is 0.00000196. The van der Waals surface area contributed by atoms with E-state index in [1.165, 1.54) is 0 Å². The van der Waals surface area contributed by atoms with E-state index < -0.39 is 16.5 Å². The fourth-order valence-electron chi connectivity index (χ4n) is 7.24. The van der Waals surface area contributed by atoms with Gasteiger partial charge in [-0.15, -0.1) is 0 Å². The monoisotopic (exact) mass is 408 g/mol. The van der Waals surface area contributed by atoms with Crippen molar-refractivity contribution in [1.29, 1.82) is 0 Å². The van der Waals surface area contributed by atoms with E-state index in [0.717, 1.165) is 44.9 Å². The molecule has 0 bridgehead atoms. The number of hydrogen-bond donors (Lipinski definition) is 0. The largest absolute Gasteiger partial charge is 1.00 e. The van der Waals surface area contributed by atoms with E-state index in [9.17, 15) is 17.8 Å². The smallest absolute Gasteiger partial charge is 0.726 e. The molecule has 4 fully saturated rings. The van der Waals surface area contributed by atoms with Gasteiger partial charge in [0.15, 0.2) is 0 Å². The van der Waals surface area contributed by atoms with Gasteiger partial charge in [-0.2, -0.15) is 0 Å². The van der Waals surface area contributed by atoms with Crippen molar-refractivity contribution in [2.75, 3.05) is 0 Å². The number of Topliss-reactive ketones (excluding diaryl/α,β-unsaturated/α-hetero) is 1. The number of carbonyl (C=O) groups excluding carboxylic acids is 1. The minimum absolute atomic E-state index is 0. The number of fused-ring (bicyclic) bond motifs is 5. The summed E-state index contributed by atoms with van der Waals surface area (Å²) in [6, 6.07) is 0. The maximum atomic E-state index is 12.4. The van der Waals surface area contributed by atoms with Crippen LogP contribution in [0.3, 0.4) is 0 Å². The summed E-state index contributed by atoms with van der Waals surface area (Å²) in [4.78, 5) is 12.4. The molecule has 4 rings (SSSR count). The Kier molecular flexibility index (Phi) is 6.27. The summed E-state index contributed by atoms with van der Waals surface area (Å²) in [6.07, 6.45) is 7.94. The first kappa shape index (κ1) is 21.9. The molecular weight excluding hydrogens is 379 g/mol. The Labute approximate surface area is 199 Å². The molecule has 0 unspecified atom stereocenters. The molecule has 0 aliphatic heterocycles. The van der Waals surface area contributed by atoms with Gasteiger partial charge < -0.3 is 4.55 Å². The summed E-state index contributed by atoms with van der Waals surface area (Å²) in [5.74, 6) is 2.69. The first-order valence-electron chi connectivity index (χ1n) is 9.81. The first-order chi connectivity index (χ1) is 11.6. The van der Waals surface area contributed by atoms with Crippen molar-refractivity contribution in [2.45, 2.75) is 77.7 Å². The van der Waals surface area contributed by atoms with Crippen LogP contribution in [0.4, 0.5) is 0 Å². The molecule has 0 aromatic heterocycles. The molecule has 5 nitrogen and oxygen atoms in total. The summed E-state index contributed by atoms with van der Waals surface area (Å²) in [6.45, 7) is 4.57. The second kappa shape index (κ2) is 7.45. The third-order valence-corrected chi connectivity index (χ3v) is 9.09. The number of rotatable bonds is 2. The first-order valence-corrected chi connectivity index (χ1v) is 11.1. The van der Waals surface area contributed by atoms with E-state index in [1.807, 2.05) is 0 Å². The summed E-state index contributed by atoms with van der Waals surface area (Å²) >= 11 is 0. The molecule has 7 heteroatoms. The maximum Gasteiger partial charge on any atom is 1.00 e. The molecule has 0 aromatic carbocycles. The van der Waals surface area contributed by atoms with E-state index in [-0.39, 0.29) is 62.2 Å². The van der Waals surface area contributed by atoms with Gasteiger partial charge in [-0.1, -0.05) is 13.8 Å². The van der Waals surface area contributed by atoms with Gasteiger partial charge in [0, 0.05) is 11.8 Å². The average molecular weight is 409 g/mol. The number of hydrogen-bond acceptors (Lipinski definition) is 5. The summed E-state index contributed by atoms with van der Waals surface area (Å²) in [5.41, 5.74) is 0.101. The second-order valence-electron chi connectivity index (χ2n) is 9.48. The van der Waals surface area contributed by atoms with Gasteiger partial charge in [0.05, 0.1) is 6.10 Å². The Bertz CT molecular complexity index is 679. The van der Waals surface area contributed by atoms with Crippen molar-refractivity contribution in [3.05, 3.63) is 0 Å². The molecule has 0 amide bonds. The molecule has 4 saturated carbocycles. The number of ketones is 1. The van der Waals surface area contributed by atoms with Crippen molar-refractivity contribution in [1.82, 2.24) is 0 Å². The van der Waals surface area contributed by atoms with Crippen molar-refractivity contribution < 1.29 is 73.3 Å². The van der Waals surface area contributed by atoms with Gasteiger partial charge in [-0.05, 0) is 80.5 Å². The van der Waals surface area contributed by atoms with Crippen LogP contribution in [0.2, 0.25) is 0 Å². The SMILES string of the molecule is C[C@]12CC[C@H](OS(=O)(=O)[O-])C[C@@H]1CC[C@@H]1[C@@H]2CC[C@]2(C)C(=O)CC[C@@H]12.[K+]. The number of carbonyl (C=O) groups is 1. The van der Waals surface area contributed by atoms with Crippen LogP contribution >= 0.6 is 0 Å². The molecule has 7 atom stereocenters. The van der Waals surface area contributed by atoms with Crippen LogP contribution in [0, 0.1) is 34.5 Å². The Morgan fingerprint density at radius 3 is 2.46 bits per heavy atom. The topological polar surface area (TPSA) is 83.5 Å². The zero-order valence-electron chi connectivity index (χ0n) is 16.2. The van der Waals surface area contributed by atoms with Crippen LogP contribution in [-0.4, -0.2) is 24.9 Å². The van der Waals surface area contributed by atoms with Crippen LogP contribution in [-0.2, 0) is 19.4 Å². The quantitative estimate of drug-likeness (QED) is 0.376. The molecule has 0 radical (unpaired) electrons. The van der Waals surface area contributed by atoms with Crippen LogP contribution in [0.1, 0.15) is 71.6 Å². The molecule has 0 N–H and O–H groups in total. The normalized spacial score (nSPS) is 48.1. The van der Waals surface area contributed by atoms with Crippen molar-refractivity contribution in [3.63, 3.8) is 0 Å². The fourth-order valence-corrected chi connectivity index (χ4v) is 7.75. The molecule has 0 saturated heterocycles. The third-order valence-electron chi connectivity index (χ3n) is 8.58. The van der Waals surface area contributed by atoms with Gasteiger partial charge in [-0.25, -0.2) is 8.42 Å². The van der Waals surface area contributed by atoms with Crippen LogP contribution in [0.5, 0.6) is 0 Å². The fraction of sp³-hybridized carbons (Fsp3) is 0.947. The molecule has 4 aliphatic rings.